The molecule has 4 heteroatoms. The van der Waals surface area contributed by atoms with E-state index in [0.29, 0.717) is 25.5 Å². The Balaban J connectivity index is 2.24. The molecule has 1 amide bonds. The fraction of sp³-hybridized carbons (Fsp3) is 0.533. The Bertz CT molecular complexity index is 390. The van der Waals surface area contributed by atoms with Crippen LogP contribution in [0.15, 0.2) is 28.7 Å². The minimum Gasteiger partial charge on any atom is -0.492 e. The fourth-order valence-electron chi connectivity index (χ4n) is 1.56. The van der Waals surface area contributed by atoms with E-state index in [1.54, 1.807) is 4.90 Å². The van der Waals surface area contributed by atoms with E-state index in [0.717, 1.165) is 16.6 Å². The molecule has 0 aliphatic carbocycles. The van der Waals surface area contributed by atoms with Crippen molar-refractivity contribution in [2.24, 2.45) is 5.92 Å². The molecule has 0 aliphatic heterocycles. The van der Waals surface area contributed by atoms with Gasteiger partial charge in [0.25, 0.3) is 0 Å². The maximum Gasteiger partial charge on any atom is 0.222 e. The Hall–Kier alpha value is -1.03. The van der Waals surface area contributed by atoms with Crippen LogP contribution in [0.2, 0.25) is 0 Å². The third-order valence-electron chi connectivity index (χ3n) is 2.87. The molecule has 0 unspecified atom stereocenters. The highest BCUT2D eigenvalue weighted by Gasteiger charge is 2.09. The lowest BCUT2D eigenvalue weighted by Gasteiger charge is -2.18. The molecular formula is C15H22BrNO2. The van der Waals surface area contributed by atoms with Crippen molar-refractivity contribution in [3.63, 3.8) is 0 Å². The Labute approximate surface area is 124 Å². The predicted molar refractivity (Wildman–Crippen MR) is 81.3 cm³/mol. The molecule has 0 fully saturated rings. The first-order chi connectivity index (χ1) is 8.99. The molecule has 0 saturated heterocycles. The van der Waals surface area contributed by atoms with Crippen LogP contribution in [-0.4, -0.2) is 31.0 Å². The second-order valence-corrected chi connectivity index (χ2v) is 5.97. The van der Waals surface area contributed by atoms with E-state index >= 15 is 0 Å². The van der Waals surface area contributed by atoms with Crippen molar-refractivity contribution in [1.29, 1.82) is 0 Å². The molecule has 0 aliphatic rings. The first-order valence-electron chi connectivity index (χ1n) is 6.61. The summed E-state index contributed by atoms with van der Waals surface area (Å²) < 4.78 is 6.62. The number of rotatable bonds is 7. The van der Waals surface area contributed by atoms with E-state index in [4.69, 9.17) is 4.74 Å². The van der Waals surface area contributed by atoms with Gasteiger partial charge in [-0.3, -0.25) is 4.79 Å². The monoisotopic (exact) mass is 327 g/mol. The third kappa shape index (κ3) is 6.62. The summed E-state index contributed by atoms with van der Waals surface area (Å²) >= 11 is 3.38. The molecule has 0 spiro atoms. The molecule has 3 nitrogen and oxygen atoms in total. The van der Waals surface area contributed by atoms with Gasteiger partial charge in [0.2, 0.25) is 5.91 Å². The summed E-state index contributed by atoms with van der Waals surface area (Å²) in [4.78, 5) is 13.5. The summed E-state index contributed by atoms with van der Waals surface area (Å²) in [5, 5.41) is 0. The third-order valence-corrected chi connectivity index (χ3v) is 3.40. The lowest BCUT2D eigenvalue weighted by atomic mass is 10.1. The van der Waals surface area contributed by atoms with Gasteiger partial charge in [-0.15, -0.1) is 0 Å². The minimum absolute atomic E-state index is 0.188. The Morgan fingerprint density at radius 2 is 1.95 bits per heavy atom. The number of halogens is 1. The molecule has 1 aromatic carbocycles. The number of likely N-dealkylation sites (N-methyl/N-ethyl adjacent to an activating group) is 1. The molecule has 0 heterocycles. The van der Waals surface area contributed by atoms with Gasteiger partial charge in [-0.2, -0.15) is 0 Å². The van der Waals surface area contributed by atoms with Crippen molar-refractivity contribution < 1.29 is 9.53 Å². The largest absolute Gasteiger partial charge is 0.492 e. The van der Waals surface area contributed by atoms with Crippen molar-refractivity contribution in [3.05, 3.63) is 28.7 Å². The van der Waals surface area contributed by atoms with E-state index in [2.05, 4.69) is 29.8 Å². The quantitative estimate of drug-likeness (QED) is 0.763. The molecule has 19 heavy (non-hydrogen) atoms. The van der Waals surface area contributed by atoms with Crippen LogP contribution < -0.4 is 4.74 Å². The molecular weight excluding hydrogens is 306 g/mol. The highest BCUT2D eigenvalue weighted by Crippen LogP contribution is 2.16. The molecule has 0 radical (unpaired) electrons. The Kier molecular flexibility index (Phi) is 6.92. The number of ether oxygens (including phenoxy) is 1. The lowest BCUT2D eigenvalue weighted by Crippen LogP contribution is -2.30. The van der Waals surface area contributed by atoms with Crippen LogP contribution in [0.25, 0.3) is 0 Å². The van der Waals surface area contributed by atoms with Crippen LogP contribution in [0, 0.1) is 5.92 Å². The van der Waals surface area contributed by atoms with E-state index in [1.807, 2.05) is 31.3 Å². The van der Waals surface area contributed by atoms with Crippen molar-refractivity contribution in [2.75, 3.05) is 20.2 Å². The molecule has 0 saturated carbocycles. The summed E-state index contributed by atoms with van der Waals surface area (Å²) in [5.41, 5.74) is 0. The first kappa shape index (κ1) is 16.0. The van der Waals surface area contributed by atoms with Crippen molar-refractivity contribution in [3.8, 4) is 5.75 Å². The highest BCUT2D eigenvalue weighted by molar-refractivity contribution is 9.10. The number of hydrogen-bond donors (Lipinski definition) is 0. The summed E-state index contributed by atoms with van der Waals surface area (Å²) in [6.45, 7) is 5.40. The normalized spacial score (nSPS) is 10.6. The summed E-state index contributed by atoms with van der Waals surface area (Å²) in [6.07, 6.45) is 1.56. The number of nitrogens with zero attached hydrogens (tertiary/aromatic N) is 1. The standard InChI is InChI=1S/C15H22BrNO2/c1-12(2)4-9-15(18)17(3)10-11-19-14-7-5-13(16)6-8-14/h5-8,12H,4,9-11H2,1-3H3. The van der Waals surface area contributed by atoms with E-state index < -0.39 is 0 Å². The van der Waals surface area contributed by atoms with Crippen LogP contribution in [-0.2, 0) is 4.79 Å². The zero-order valence-electron chi connectivity index (χ0n) is 11.9. The number of hydrogen-bond acceptors (Lipinski definition) is 2. The van der Waals surface area contributed by atoms with Crippen molar-refractivity contribution >= 4 is 21.8 Å². The maximum absolute atomic E-state index is 11.8. The zero-order valence-corrected chi connectivity index (χ0v) is 13.4. The molecule has 1 aromatic rings. The summed E-state index contributed by atoms with van der Waals surface area (Å²) in [6, 6.07) is 7.69. The number of amides is 1. The van der Waals surface area contributed by atoms with Crippen LogP contribution >= 0.6 is 15.9 Å². The van der Waals surface area contributed by atoms with E-state index in [9.17, 15) is 4.79 Å². The fourth-order valence-corrected chi connectivity index (χ4v) is 1.82. The van der Waals surface area contributed by atoms with Crippen LogP contribution in [0.1, 0.15) is 26.7 Å². The van der Waals surface area contributed by atoms with Gasteiger partial charge in [-0.1, -0.05) is 29.8 Å². The molecule has 106 valence electrons. The highest BCUT2D eigenvalue weighted by atomic mass is 79.9. The van der Waals surface area contributed by atoms with Gasteiger partial charge in [0.15, 0.2) is 0 Å². The first-order valence-corrected chi connectivity index (χ1v) is 7.40. The number of benzene rings is 1. The SMILES string of the molecule is CC(C)CCC(=O)N(C)CCOc1ccc(Br)cc1. The maximum atomic E-state index is 11.8. The van der Waals surface area contributed by atoms with Gasteiger partial charge in [0.1, 0.15) is 12.4 Å². The second kappa shape index (κ2) is 8.20. The van der Waals surface area contributed by atoms with E-state index in [-0.39, 0.29) is 5.91 Å². The van der Waals surface area contributed by atoms with Crippen molar-refractivity contribution in [1.82, 2.24) is 4.90 Å². The van der Waals surface area contributed by atoms with Crippen molar-refractivity contribution in [2.45, 2.75) is 26.7 Å². The van der Waals surface area contributed by atoms with Gasteiger partial charge in [0.05, 0.1) is 6.54 Å². The van der Waals surface area contributed by atoms with Gasteiger partial charge in [0, 0.05) is 17.9 Å². The summed E-state index contributed by atoms with van der Waals surface area (Å²) in [5.74, 6) is 1.58. The van der Waals surface area contributed by atoms with Gasteiger partial charge in [-0.05, 0) is 36.6 Å². The Morgan fingerprint density at radius 1 is 1.32 bits per heavy atom. The second-order valence-electron chi connectivity index (χ2n) is 5.05. The molecule has 0 bridgehead atoms. The molecule has 0 N–H and O–H groups in total. The van der Waals surface area contributed by atoms with Gasteiger partial charge in [-0.25, -0.2) is 0 Å². The average Bonchev–Trinajstić information content (AvgIpc) is 2.38. The molecule has 0 aromatic heterocycles. The summed E-state index contributed by atoms with van der Waals surface area (Å²) in [7, 11) is 1.83. The van der Waals surface area contributed by atoms with E-state index in [1.165, 1.54) is 0 Å². The Morgan fingerprint density at radius 3 is 2.53 bits per heavy atom. The smallest absolute Gasteiger partial charge is 0.222 e. The van der Waals surface area contributed by atoms with Crippen LogP contribution in [0.4, 0.5) is 0 Å². The average molecular weight is 328 g/mol. The zero-order chi connectivity index (χ0) is 14.3. The predicted octanol–water partition coefficient (Wildman–Crippen LogP) is 3.72. The molecule has 1 rings (SSSR count). The lowest BCUT2D eigenvalue weighted by molar-refractivity contribution is -0.130. The van der Waals surface area contributed by atoms with Crippen LogP contribution in [0.5, 0.6) is 5.75 Å². The molecule has 0 atom stereocenters. The number of carbonyl (C=O) groups excluding carboxylic acids is 1. The number of carbonyl (C=O) groups is 1. The van der Waals surface area contributed by atoms with Gasteiger partial charge >= 0.3 is 0 Å². The van der Waals surface area contributed by atoms with Crippen LogP contribution in [0.3, 0.4) is 0 Å². The minimum atomic E-state index is 0.188. The topological polar surface area (TPSA) is 29.5 Å². The van der Waals surface area contributed by atoms with Gasteiger partial charge < -0.3 is 9.64 Å².